The summed E-state index contributed by atoms with van der Waals surface area (Å²) in [6.45, 7) is 1.80. The van der Waals surface area contributed by atoms with Crippen molar-refractivity contribution in [2.75, 3.05) is 39.4 Å². The minimum absolute atomic E-state index is 0.0746. The molecule has 29 heavy (non-hydrogen) atoms. The van der Waals surface area contributed by atoms with Gasteiger partial charge in [-0.1, -0.05) is 24.3 Å². The number of anilines is 1. The quantitative estimate of drug-likeness (QED) is 0.657. The third kappa shape index (κ3) is 5.54. The van der Waals surface area contributed by atoms with E-state index in [4.69, 9.17) is 9.47 Å². The largest absolute Gasteiger partial charge is 0.493 e. The molecular formula is C22H26N2O4S. The Labute approximate surface area is 175 Å². The molecule has 0 bridgehead atoms. The number of rotatable bonds is 8. The topological polar surface area (TPSA) is 67.9 Å². The molecule has 0 aliphatic heterocycles. The molecule has 0 spiro atoms. The number of hydrogen-bond acceptors (Lipinski definition) is 5. The van der Waals surface area contributed by atoms with E-state index < -0.39 is 0 Å². The average molecular weight is 415 g/mol. The van der Waals surface area contributed by atoms with Crippen LogP contribution in [-0.4, -0.2) is 50.8 Å². The van der Waals surface area contributed by atoms with Gasteiger partial charge in [0.05, 0.1) is 26.5 Å². The SMILES string of the molecule is C/C=C/c1cc(C(=O)N(C)CC(=O)Nc2ccccc2SC)cc(OC)c1OC. The van der Waals surface area contributed by atoms with Crippen molar-refractivity contribution in [3.8, 4) is 11.5 Å². The molecule has 0 radical (unpaired) electrons. The van der Waals surface area contributed by atoms with Gasteiger partial charge in [-0.25, -0.2) is 0 Å². The molecule has 2 amide bonds. The summed E-state index contributed by atoms with van der Waals surface area (Å²) in [5.41, 5.74) is 1.87. The first-order chi connectivity index (χ1) is 13.9. The van der Waals surface area contributed by atoms with E-state index >= 15 is 0 Å². The zero-order chi connectivity index (χ0) is 21.4. The number of benzene rings is 2. The molecule has 0 saturated carbocycles. The number of allylic oxidation sites excluding steroid dienone is 1. The Hall–Kier alpha value is -2.93. The highest BCUT2D eigenvalue weighted by Gasteiger charge is 2.19. The van der Waals surface area contributed by atoms with Crippen LogP contribution in [0.15, 0.2) is 47.4 Å². The third-order valence-corrected chi connectivity index (χ3v) is 5.01. The number of carbonyl (C=O) groups excluding carboxylic acids is 2. The summed E-state index contributed by atoms with van der Waals surface area (Å²) in [6, 6.07) is 10.9. The van der Waals surface area contributed by atoms with Gasteiger partial charge in [0.1, 0.15) is 0 Å². The van der Waals surface area contributed by atoms with Crippen LogP contribution in [0.25, 0.3) is 6.08 Å². The maximum absolute atomic E-state index is 12.9. The second-order valence-corrected chi connectivity index (χ2v) is 7.06. The van der Waals surface area contributed by atoms with Crippen LogP contribution < -0.4 is 14.8 Å². The highest BCUT2D eigenvalue weighted by Crippen LogP contribution is 2.34. The molecule has 0 aromatic heterocycles. The van der Waals surface area contributed by atoms with Crippen molar-refractivity contribution in [2.45, 2.75) is 11.8 Å². The molecule has 7 heteroatoms. The van der Waals surface area contributed by atoms with Crippen LogP contribution in [0.3, 0.4) is 0 Å². The van der Waals surface area contributed by atoms with E-state index in [1.165, 1.54) is 12.0 Å². The van der Waals surface area contributed by atoms with Gasteiger partial charge < -0.3 is 19.7 Å². The number of para-hydroxylation sites is 1. The van der Waals surface area contributed by atoms with Gasteiger partial charge in [0.15, 0.2) is 11.5 Å². The van der Waals surface area contributed by atoms with Crippen LogP contribution >= 0.6 is 11.8 Å². The maximum Gasteiger partial charge on any atom is 0.254 e. The van der Waals surface area contributed by atoms with Gasteiger partial charge in [-0.3, -0.25) is 9.59 Å². The van der Waals surface area contributed by atoms with Crippen molar-refractivity contribution >= 4 is 35.3 Å². The van der Waals surface area contributed by atoms with Gasteiger partial charge >= 0.3 is 0 Å². The lowest BCUT2D eigenvalue weighted by Gasteiger charge is -2.19. The Morgan fingerprint density at radius 2 is 1.90 bits per heavy atom. The fourth-order valence-corrected chi connectivity index (χ4v) is 3.42. The van der Waals surface area contributed by atoms with Crippen LogP contribution in [0.4, 0.5) is 5.69 Å². The van der Waals surface area contributed by atoms with Crippen molar-refractivity contribution in [3.63, 3.8) is 0 Å². The lowest BCUT2D eigenvalue weighted by atomic mass is 10.1. The fraction of sp³-hybridized carbons (Fsp3) is 0.273. The molecule has 0 fully saturated rings. The number of hydrogen-bond donors (Lipinski definition) is 1. The summed E-state index contributed by atoms with van der Waals surface area (Å²) in [7, 11) is 4.66. The molecule has 2 aromatic carbocycles. The maximum atomic E-state index is 12.9. The average Bonchev–Trinajstić information content (AvgIpc) is 2.72. The number of likely N-dealkylation sites (N-methyl/N-ethyl adjacent to an activating group) is 1. The monoisotopic (exact) mass is 414 g/mol. The molecule has 154 valence electrons. The Morgan fingerprint density at radius 3 is 2.52 bits per heavy atom. The lowest BCUT2D eigenvalue weighted by molar-refractivity contribution is -0.116. The molecule has 2 rings (SSSR count). The highest BCUT2D eigenvalue weighted by molar-refractivity contribution is 7.98. The molecule has 0 unspecified atom stereocenters. The minimum atomic E-state index is -0.287. The van der Waals surface area contributed by atoms with Gasteiger partial charge in [-0.15, -0.1) is 11.8 Å². The summed E-state index contributed by atoms with van der Waals surface area (Å²) in [6.07, 6.45) is 5.64. The molecule has 0 saturated heterocycles. The van der Waals surface area contributed by atoms with Gasteiger partial charge in [0.25, 0.3) is 5.91 Å². The number of nitrogens with one attached hydrogen (secondary N) is 1. The number of carbonyl (C=O) groups is 2. The first kappa shape index (κ1) is 22.4. The standard InChI is InChI=1S/C22H26N2O4S/c1-6-9-15-12-16(13-18(27-3)21(15)28-4)22(26)24(2)14-20(25)23-17-10-7-8-11-19(17)29-5/h6-13H,14H2,1-5H3,(H,23,25)/b9-6+. The summed E-state index contributed by atoms with van der Waals surface area (Å²) < 4.78 is 10.8. The van der Waals surface area contributed by atoms with Crippen molar-refractivity contribution < 1.29 is 19.1 Å². The highest BCUT2D eigenvalue weighted by atomic mass is 32.2. The van der Waals surface area contributed by atoms with Crippen molar-refractivity contribution in [2.24, 2.45) is 0 Å². The number of nitrogens with zero attached hydrogens (tertiary/aromatic N) is 1. The van der Waals surface area contributed by atoms with Gasteiger partial charge in [-0.05, 0) is 37.4 Å². The fourth-order valence-electron chi connectivity index (χ4n) is 2.87. The number of methoxy groups -OCH3 is 2. The van der Waals surface area contributed by atoms with Gasteiger partial charge in [-0.2, -0.15) is 0 Å². The zero-order valence-electron chi connectivity index (χ0n) is 17.3. The summed E-state index contributed by atoms with van der Waals surface area (Å²) in [5.74, 6) is 0.455. The second-order valence-electron chi connectivity index (χ2n) is 6.21. The van der Waals surface area contributed by atoms with E-state index in [-0.39, 0.29) is 18.4 Å². The number of amides is 2. The van der Waals surface area contributed by atoms with Gasteiger partial charge in [0, 0.05) is 23.1 Å². The second kappa shape index (κ2) is 10.6. The predicted molar refractivity (Wildman–Crippen MR) is 118 cm³/mol. The van der Waals surface area contributed by atoms with Crippen LogP contribution in [-0.2, 0) is 4.79 Å². The van der Waals surface area contributed by atoms with Crippen LogP contribution in [0.5, 0.6) is 11.5 Å². The smallest absolute Gasteiger partial charge is 0.254 e. The van der Waals surface area contributed by atoms with E-state index in [1.807, 2.05) is 49.6 Å². The molecule has 1 N–H and O–H groups in total. The van der Waals surface area contributed by atoms with E-state index in [0.29, 0.717) is 17.1 Å². The molecule has 0 aliphatic carbocycles. The van der Waals surface area contributed by atoms with Crippen molar-refractivity contribution in [3.05, 3.63) is 53.6 Å². The predicted octanol–water partition coefficient (Wildman–Crippen LogP) is 4.17. The Bertz CT molecular complexity index is 912. The van der Waals surface area contributed by atoms with Crippen molar-refractivity contribution in [1.29, 1.82) is 0 Å². The summed E-state index contributed by atoms with van der Waals surface area (Å²) in [4.78, 5) is 27.7. The van der Waals surface area contributed by atoms with Crippen LogP contribution in [0.2, 0.25) is 0 Å². The van der Waals surface area contributed by atoms with E-state index in [2.05, 4.69) is 5.32 Å². The Kier molecular flexibility index (Phi) is 8.15. The Morgan fingerprint density at radius 1 is 1.17 bits per heavy atom. The van der Waals surface area contributed by atoms with Crippen LogP contribution in [0, 0.1) is 0 Å². The molecule has 0 atom stereocenters. The molecular weight excluding hydrogens is 388 g/mol. The summed E-state index contributed by atoms with van der Waals surface area (Å²) >= 11 is 1.55. The van der Waals surface area contributed by atoms with Crippen LogP contribution in [0.1, 0.15) is 22.8 Å². The first-order valence-corrected chi connectivity index (χ1v) is 10.2. The Balaban J connectivity index is 2.19. The third-order valence-electron chi connectivity index (χ3n) is 4.21. The number of thioether (sulfide) groups is 1. The molecule has 2 aromatic rings. The van der Waals surface area contributed by atoms with Gasteiger partial charge in [0.2, 0.25) is 5.91 Å². The number of ether oxygens (including phenoxy) is 2. The van der Waals surface area contributed by atoms with E-state index in [1.54, 1.807) is 38.1 Å². The first-order valence-electron chi connectivity index (χ1n) is 9.02. The molecule has 0 heterocycles. The van der Waals surface area contributed by atoms with E-state index in [0.717, 1.165) is 16.1 Å². The zero-order valence-corrected chi connectivity index (χ0v) is 18.1. The molecule has 0 aliphatic rings. The van der Waals surface area contributed by atoms with Crippen molar-refractivity contribution in [1.82, 2.24) is 4.90 Å². The minimum Gasteiger partial charge on any atom is -0.493 e. The molecule has 6 nitrogen and oxygen atoms in total. The lowest BCUT2D eigenvalue weighted by Crippen LogP contribution is -2.35. The van der Waals surface area contributed by atoms with E-state index in [9.17, 15) is 9.59 Å². The summed E-state index contributed by atoms with van der Waals surface area (Å²) in [5, 5.41) is 2.86. The normalized spacial score (nSPS) is 10.7.